The second-order valence-corrected chi connectivity index (χ2v) is 4.01. The molecule has 2 rings (SSSR count). The van der Waals surface area contributed by atoms with E-state index >= 15 is 0 Å². The Morgan fingerprint density at radius 3 is 3.09 bits per heavy atom. The summed E-state index contributed by atoms with van der Waals surface area (Å²) in [7, 11) is 0. The van der Waals surface area contributed by atoms with Crippen molar-refractivity contribution in [2.24, 2.45) is 11.3 Å². The number of hydrogen-bond acceptors (Lipinski definition) is 2. The second-order valence-electron chi connectivity index (χ2n) is 4.01. The van der Waals surface area contributed by atoms with Gasteiger partial charge in [0.05, 0.1) is 19.3 Å². The van der Waals surface area contributed by atoms with Gasteiger partial charge in [-0.3, -0.25) is 0 Å². The molecule has 3 atom stereocenters. The summed E-state index contributed by atoms with van der Waals surface area (Å²) in [5.74, 6) is 0.556. The van der Waals surface area contributed by atoms with E-state index in [0.29, 0.717) is 18.6 Å². The zero-order valence-electron chi connectivity index (χ0n) is 7.05. The Bertz CT molecular complexity index is 158. The average Bonchev–Trinajstić information content (AvgIpc) is 2.53. The third-order valence-electron chi connectivity index (χ3n) is 3.57. The van der Waals surface area contributed by atoms with Crippen LogP contribution in [0, 0.1) is 11.3 Å². The summed E-state index contributed by atoms with van der Waals surface area (Å²) in [6, 6.07) is 0. The average molecular weight is 156 g/mol. The summed E-state index contributed by atoms with van der Waals surface area (Å²) in [5.41, 5.74) is 0.139. The van der Waals surface area contributed by atoms with E-state index in [0.717, 1.165) is 19.4 Å². The van der Waals surface area contributed by atoms with Gasteiger partial charge in [-0.15, -0.1) is 0 Å². The summed E-state index contributed by atoms with van der Waals surface area (Å²) in [4.78, 5) is 0. The van der Waals surface area contributed by atoms with E-state index in [2.05, 4.69) is 6.92 Å². The lowest BCUT2D eigenvalue weighted by molar-refractivity contribution is 0.0322. The van der Waals surface area contributed by atoms with Crippen molar-refractivity contribution in [2.75, 3.05) is 13.2 Å². The fourth-order valence-corrected chi connectivity index (χ4v) is 2.64. The predicted molar refractivity (Wildman–Crippen MR) is 42.3 cm³/mol. The van der Waals surface area contributed by atoms with Gasteiger partial charge in [-0.25, -0.2) is 0 Å². The van der Waals surface area contributed by atoms with Crippen LogP contribution < -0.4 is 0 Å². The van der Waals surface area contributed by atoms with Gasteiger partial charge in [-0.2, -0.15) is 0 Å². The first-order chi connectivity index (χ1) is 5.29. The van der Waals surface area contributed by atoms with Gasteiger partial charge >= 0.3 is 0 Å². The minimum absolute atomic E-state index is 0.139. The number of rotatable bonds is 1. The van der Waals surface area contributed by atoms with Crippen molar-refractivity contribution < 1.29 is 9.84 Å². The Hall–Kier alpha value is -0.0800. The highest BCUT2D eigenvalue weighted by Crippen LogP contribution is 2.50. The molecule has 0 spiro atoms. The predicted octanol–water partition coefficient (Wildman–Crippen LogP) is 1.18. The molecule has 0 bridgehead atoms. The normalized spacial score (nSPS) is 49.6. The highest BCUT2D eigenvalue weighted by atomic mass is 16.5. The van der Waals surface area contributed by atoms with Crippen LogP contribution in [-0.4, -0.2) is 24.4 Å². The molecule has 0 amide bonds. The van der Waals surface area contributed by atoms with Gasteiger partial charge in [0.25, 0.3) is 0 Å². The summed E-state index contributed by atoms with van der Waals surface area (Å²) in [6.07, 6.45) is 3.91. The van der Waals surface area contributed by atoms with Crippen LogP contribution in [0.3, 0.4) is 0 Å². The molecular formula is C9H16O2. The SMILES string of the molecule is CC1COC2CCCC12CO. The fraction of sp³-hybridized carbons (Fsp3) is 1.00. The van der Waals surface area contributed by atoms with Crippen LogP contribution in [0.1, 0.15) is 26.2 Å². The standard InChI is InChI=1S/C9H16O2/c1-7-5-11-8-3-2-4-9(7,8)6-10/h7-8,10H,2-6H2,1H3. The molecule has 0 aromatic heterocycles. The first-order valence-corrected chi connectivity index (χ1v) is 4.52. The zero-order chi connectivity index (χ0) is 7.90. The Kier molecular flexibility index (Phi) is 1.69. The molecule has 2 nitrogen and oxygen atoms in total. The molecule has 1 heterocycles. The Morgan fingerprint density at radius 1 is 1.64 bits per heavy atom. The van der Waals surface area contributed by atoms with Crippen molar-refractivity contribution in [3.05, 3.63) is 0 Å². The number of fused-ring (bicyclic) bond motifs is 1. The third-order valence-corrected chi connectivity index (χ3v) is 3.57. The van der Waals surface area contributed by atoms with Crippen LogP contribution in [-0.2, 0) is 4.74 Å². The zero-order valence-corrected chi connectivity index (χ0v) is 7.05. The van der Waals surface area contributed by atoms with Crippen LogP contribution >= 0.6 is 0 Å². The summed E-state index contributed by atoms with van der Waals surface area (Å²) in [5, 5.41) is 9.32. The second kappa shape index (κ2) is 2.46. The van der Waals surface area contributed by atoms with E-state index in [1.807, 2.05) is 0 Å². The lowest BCUT2D eigenvalue weighted by atomic mass is 9.76. The van der Waals surface area contributed by atoms with Crippen LogP contribution in [0.4, 0.5) is 0 Å². The Morgan fingerprint density at radius 2 is 2.45 bits per heavy atom. The molecule has 1 saturated carbocycles. The maximum absolute atomic E-state index is 9.32. The maximum atomic E-state index is 9.32. The van der Waals surface area contributed by atoms with E-state index < -0.39 is 0 Å². The van der Waals surface area contributed by atoms with E-state index in [1.165, 1.54) is 6.42 Å². The molecule has 1 aliphatic heterocycles. The van der Waals surface area contributed by atoms with Gasteiger partial charge in [0.1, 0.15) is 0 Å². The van der Waals surface area contributed by atoms with E-state index in [4.69, 9.17) is 4.74 Å². The monoisotopic (exact) mass is 156 g/mol. The minimum Gasteiger partial charge on any atom is -0.396 e. The van der Waals surface area contributed by atoms with Crippen molar-refractivity contribution in [3.63, 3.8) is 0 Å². The van der Waals surface area contributed by atoms with E-state index in [-0.39, 0.29) is 5.41 Å². The lowest BCUT2D eigenvalue weighted by Gasteiger charge is -2.29. The van der Waals surface area contributed by atoms with Gasteiger partial charge in [0, 0.05) is 5.41 Å². The fourth-order valence-electron chi connectivity index (χ4n) is 2.64. The maximum Gasteiger partial charge on any atom is 0.0656 e. The molecule has 0 aromatic carbocycles. The van der Waals surface area contributed by atoms with E-state index in [9.17, 15) is 5.11 Å². The van der Waals surface area contributed by atoms with Crippen LogP contribution in [0.15, 0.2) is 0 Å². The molecule has 64 valence electrons. The largest absolute Gasteiger partial charge is 0.396 e. The van der Waals surface area contributed by atoms with Gasteiger partial charge in [0.2, 0.25) is 0 Å². The molecule has 11 heavy (non-hydrogen) atoms. The molecule has 1 N–H and O–H groups in total. The molecule has 2 fully saturated rings. The molecule has 0 radical (unpaired) electrons. The molecular weight excluding hydrogens is 140 g/mol. The smallest absolute Gasteiger partial charge is 0.0656 e. The molecule has 1 aliphatic carbocycles. The number of hydrogen-bond donors (Lipinski definition) is 1. The Labute approximate surface area is 67.6 Å². The van der Waals surface area contributed by atoms with Crippen molar-refractivity contribution in [2.45, 2.75) is 32.3 Å². The van der Waals surface area contributed by atoms with Crippen molar-refractivity contribution in [1.82, 2.24) is 0 Å². The number of aliphatic hydroxyl groups is 1. The van der Waals surface area contributed by atoms with Crippen molar-refractivity contribution in [1.29, 1.82) is 0 Å². The van der Waals surface area contributed by atoms with Crippen LogP contribution in [0.5, 0.6) is 0 Å². The molecule has 2 aliphatic rings. The van der Waals surface area contributed by atoms with Crippen LogP contribution in [0.2, 0.25) is 0 Å². The summed E-state index contributed by atoms with van der Waals surface area (Å²) >= 11 is 0. The molecule has 3 unspecified atom stereocenters. The molecule has 2 heteroatoms. The summed E-state index contributed by atoms with van der Waals surface area (Å²) in [6.45, 7) is 3.37. The first kappa shape index (κ1) is 7.56. The summed E-state index contributed by atoms with van der Waals surface area (Å²) < 4.78 is 5.62. The van der Waals surface area contributed by atoms with Crippen molar-refractivity contribution >= 4 is 0 Å². The first-order valence-electron chi connectivity index (χ1n) is 4.52. The Balaban J connectivity index is 2.22. The van der Waals surface area contributed by atoms with Gasteiger partial charge in [0.15, 0.2) is 0 Å². The van der Waals surface area contributed by atoms with Gasteiger partial charge in [-0.1, -0.05) is 13.3 Å². The quantitative estimate of drug-likeness (QED) is 0.618. The number of aliphatic hydroxyl groups excluding tert-OH is 1. The third kappa shape index (κ3) is 0.859. The molecule has 0 aromatic rings. The topological polar surface area (TPSA) is 29.5 Å². The van der Waals surface area contributed by atoms with Crippen LogP contribution in [0.25, 0.3) is 0 Å². The lowest BCUT2D eigenvalue weighted by Crippen LogP contribution is -2.34. The highest BCUT2D eigenvalue weighted by molar-refractivity contribution is 4.99. The van der Waals surface area contributed by atoms with Gasteiger partial charge < -0.3 is 9.84 Å². The minimum atomic E-state index is 0.139. The van der Waals surface area contributed by atoms with Gasteiger partial charge in [-0.05, 0) is 18.8 Å². The van der Waals surface area contributed by atoms with Crippen molar-refractivity contribution in [3.8, 4) is 0 Å². The van der Waals surface area contributed by atoms with E-state index in [1.54, 1.807) is 0 Å². The number of ether oxygens (including phenoxy) is 1. The highest BCUT2D eigenvalue weighted by Gasteiger charge is 2.51. The molecule has 1 saturated heterocycles.